The van der Waals surface area contributed by atoms with Crippen LogP contribution in [0.5, 0.6) is 0 Å². The monoisotopic (exact) mass is 219 g/mol. The second-order valence-corrected chi connectivity index (χ2v) is 3.97. The number of benzene rings is 1. The molecule has 0 aromatic heterocycles. The van der Waals surface area contributed by atoms with Gasteiger partial charge in [0.1, 0.15) is 5.82 Å². The molecule has 0 spiro atoms. The fraction of sp³-hybridized carbons (Fsp3) is 0.429. The Hall–Kier alpha value is -1.33. The van der Waals surface area contributed by atoms with Gasteiger partial charge in [-0.25, -0.2) is 4.39 Å². The molecule has 16 heavy (non-hydrogen) atoms. The first kappa shape index (κ1) is 12.7. The highest BCUT2D eigenvalue weighted by atomic mass is 19.1. The third-order valence-electron chi connectivity index (χ3n) is 2.57. The van der Waals surface area contributed by atoms with Crippen LogP contribution in [0.15, 0.2) is 18.2 Å². The van der Waals surface area contributed by atoms with Crippen molar-refractivity contribution in [1.29, 1.82) is 0 Å². The summed E-state index contributed by atoms with van der Waals surface area (Å²) in [5, 5.41) is 3.23. The van der Waals surface area contributed by atoms with Crippen LogP contribution in [0, 0.1) is 25.1 Å². The van der Waals surface area contributed by atoms with E-state index in [0.29, 0.717) is 12.1 Å². The molecule has 0 bridgehead atoms. The van der Waals surface area contributed by atoms with Crippen molar-refractivity contribution in [1.82, 2.24) is 5.32 Å². The number of hydrogen-bond donors (Lipinski definition) is 1. The largest absolute Gasteiger partial charge is 0.300 e. The van der Waals surface area contributed by atoms with Crippen LogP contribution in [0.2, 0.25) is 0 Å². The zero-order valence-electron chi connectivity index (χ0n) is 9.89. The normalized spacial score (nSPS) is 12.1. The number of aryl methyl sites for hydroxylation is 1. The van der Waals surface area contributed by atoms with Gasteiger partial charge in [0.15, 0.2) is 0 Å². The number of nitrogens with one attached hydrogen (secondary N) is 1. The Balaban J connectivity index is 2.54. The molecular weight excluding hydrogens is 201 g/mol. The Bertz CT molecular complexity index is 379. The van der Waals surface area contributed by atoms with Crippen molar-refractivity contribution in [3.8, 4) is 12.3 Å². The summed E-state index contributed by atoms with van der Waals surface area (Å²) in [7, 11) is 0. The van der Waals surface area contributed by atoms with Crippen molar-refractivity contribution >= 4 is 0 Å². The topological polar surface area (TPSA) is 12.0 Å². The third kappa shape index (κ3) is 3.67. The van der Waals surface area contributed by atoms with Gasteiger partial charge >= 0.3 is 0 Å². The molecule has 0 amide bonds. The van der Waals surface area contributed by atoms with E-state index in [4.69, 9.17) is 6.42 Å². The fourth-order valence-corrected chi connectivity index (χ4v) is 1.52. The van der Waals surface area contributed by atoms with Crippen LogP contribution in [0.25, 0.3) is 0 Å². The summed E-state index contributed by atoms with van der Waals surface area (Å²) >= 11 is 0. The lowest BCUT2D eigenvalue weighted by Crippen LogP contribution is -2.26. The molecule has 0 fully saturated rings. The Morgan fingerprint density at radius 2 is 2.25 bits per heavy atom. The number of rotatable bonds is 5. The molecule has 0 heterocycles. The highest BCUT2D eigenvalue weighted by Crippen LogP contribution is 2.09. The fourth-order valence-electron chi connectivity index (χ4n) is 1.52. The van der Waals surface area contributed by atoms with Gasteiger partial charge in [-0.15, -0.1) is 6.42 Å². The van der Waals surface area contributed by atoms with Crippen LogP contribution in [-0.2, 0) is 6.54 Å². The van der Waals surface area contributed by atoms with Gasteiger partial charge in [-0.05, 0) is 30.5 Å². The predicted molar refractivity (Wildman–Crippen MR) is 65.5 cm³/mol. The van der Waals surface area contributed by atoms with Gasteiger partial charge in [0.25, 0.3) is 0 Å². The van der Waals surface area contributed by atoms with E-state index in [1.807, 2.05) is 6.07 Å². The molecule has 1 atom stereocenters. The minimum Gasteiger partial charge on any atom is -0.300 e. The first-order valence-corrected chi connectivity index (χ1v) is 5.62. The predicted octanol–water partition coefficient (Wildman–Crippen LogP) is 3.03. The Kier molecular flexibility index (Phi) is 5.01. The lowest BCUT2D eigenvalue weighted by molar-refractivity contribution is 0.558. The zero-order valence-corrected chi connectivity index (χ0v) is 9.89. The molecule has 0 saturated heterocycles. The molecule has 1 aromatic carbocycles. The van der Waals surface area contributed by atoms with E-state index in [-0.39, 0.29) is 11.9 Å². The summed E-state index contributed by atoms with van der Waals surface area (Å²) in [5.74, 6) is 2.53. The minimum atomic E-state index is -0.160. The smallest absolute Gasteiger partial charge is 0.126 e. The molecule has 0 saturated carbocycles. The van der Waals surface area contributed by atoms with Gasteiger partial charge in [-0.2, -0.15) is 0 Å². The summed E-state index contributed by atoms with van der Waals surface area (Å²) < 4.78 is 13.3. The van der Waals surface area contributed by atoms with Gasteiger partial charge in [-0.1, -0.05) is 31.4 Å². The van der Waals surface area contributed by atoms with Crippen LogP contribution >= 0.6 is 0 Å². The Labute approximate surface area is 97.1 Å². The van der Waals surface area contributed by atoms with Crippen LogP contribution in [-0.4, -0.2) is 6.04 Å². The lowest BCUT2D eigenvalue weighted by Gasteiger charge is -2.12. The third-order valence-corrected chi connectivity index (χ3v) is 2.57. The summed E-state index contributed by atoms with van der Waals surface area (Å²) in [4.78, 5) is 0. The Morgan fingerprint density at radius 3 is 2.81 bits per heavy atom. The van der Waals surface area contributed by atoms with E-state index < -0.39 is 0 Å². The Morgan fingerprint density at radius 1 is 1.50 bits per heavy atom. The van der Waals surface area contributed by atoms with Crippen LogP contribution in [0.1, 0.15) is 30.9 Å². The van der Waals surface area contributed by atoms with Gasteiger partial charge in [0, 0.05) is 6.54 Å². The van der Waals surface area contributed by atoms with Crippen molar-refractivity contribution < 1.29 is 4.39 Å². The first-order valence-electron chi connectivity index (χ1n) is 5.62. The molecule has 0 aliphatic rings. The maximum atomic E-state index is 13.3. The van der Waals surface area contributed by atoms with Gasteiger partial charge < -0.3 is 0 Å². The standard InChI is InChI=1S/C14H18FN/c1-4-6-13(5-2)16-10-12-8-7-11(3)14(15)9-12/h2,7-9,13,16H,4,6,10H2,1,3H3. The van der Waals surface area contributed by atoms with E-state index in [9.17, 15) is 4.39 Å². The van der Waals surface area contributed by atoms with Crippen LogP contribution < -0.4 is 5.32 Å². The molecule has 1 nitrogen and oxygen atoms in total. The number of halogens is 1. The van der Waals surface area contributed by atoms with Crippen LogP contribution in [0.4, 0.5) is 4.39 Å². The maximum absolute atomic E-state index is 13.3. The van der Waals surface area contributed by atoms with E-state index >= 15 is 0 Å². The molecule has 1 aromatic rings. The number of terminal acetylenes is 1. The van der Waals surface area contributed by atoms with Crippen molar-refractivity contribution in [2.45, 2.75) is 39.3 Å². The first-order chi connectivity index (χ1) is 7.67. The minimum absolute atomic E-state index is 0.0781. The number of hydrogen-bond acceptors (Lipinski definition) is 1. The SMILES string of the molecule is C#CC(CCC)NCc1ccc(C)c(F)c1. The zero-order chi connectivity index (χ0) is 12.0. The molecule has 0 radical (unpaired) electrons. The van der Waals surface area contributed by atoms with Crippen molar-refractivity contribution in [2.24, 2.45) is 0 Å². The van der Waals surface area contributed by atoms with Crippen LogP contribution in [0.3, 0.4) is 0 Å². The van der Waals surface area contributed by atoms with Gasteiger partial charge in [0.05, 0.1) is 6.04 Å². The van der Waals surface area contributed by atoms with E-state index in [0.717, 1.165) is 18.4 Å². The molecule has 86 valence electrons. The lowest BCUT2D eigenvalue weighted by atomic mass is 10.1. The molecule has 0 aliphatic heterocycles. The summed E-state index contributed by atoms with van der Waals surface area (Å²) in [5.41, 5.74) is 1.60. The van der Waals surface area contributed by atoms with Crippen molar-refractivity contribution in [3.63, 3.8) is 0 Å². The molecule has 1 rings (SSSR count). The van der Waals surface area contributed by atoms with E-state index in [1.54, 1.807) is 19.1 Å². The average molecular weight is 219 g/mol. The van der Waals surface area contributed by atoms with E-state index in [1.165, 1.54) is 0 Å². The quantitative estimate of drug-likeness (QED) is 0.751. The van der Waals surface area contributed by atoms with Crippen molar-refractivity contribution in [2.75, 3.05) is 0 Å². The maximum Gasteiger partial charge on any atom is 0.126 e. The highest BCUT2D eigenvalue weighted by Gasteiger charge is 2.04. The summed E-state index contributed by atoms with van der Waals surface area (Å²) in [6, 6.07) is 5.35. The molecular formula is C14H18FN. The molecule has 1 N–H and O–H groups in total. The van der Waals surface area contributed by atoms with Crippen molar-refractivity contribution in [3.05, 3.63) is 35.1 Å². The highest BCUT2D eigenvalue weighted by molar-refractivity contribution is 5.23. The molecule has 1 unspecified atom stereocenters. The van der Waals surface area contributed by atoms with Gasteiger partial charge in [0.2, 0.25) is 0 Å². The summed E-state index contributed by atoms with van der Waals surface area (Å²) in [6.07, 6.45) is 7.39. The summed E-state index contributed by atoms with van der Waals surface area (Å²) in [6.45, 7) is 4.47. The average Bonchev–Trinajstić information content (AvgIpc) is 2.28. The molecule has 2 heteroatoms. The van der Waals surface area contributed by atoms with E-state index in [2.05, 4.69) is 18.2 Å². The second kappa shape index (κ2) is 6.30. The van der Waals surface area contributed by atoms with Gasteiger partial charge in [-0.3, -0.25) is 5.32 Å². The second-order valence-electron chi connectivity index (χ2n) is 3.97. The molecule has 0 aliphatic carbocycles.